The monoisotopic (exact) mass is 498 g/mol. The summed E-state index contributed by atoms with van der Waals surface area (Å²) in [6.07, 6.45) is 0.713. The summed E-state index contributed by atoms with van der Waals surface area (Å²) in [6, 6.07) is 26.6. The Labute approximate surface area is 214 Å². The number of rotatable bonds is 6. The van der Waals surface area contributed by atoms with Gasteiger partial charge in [0.1, 0.15) is 11.5 Å². The normalized spacial score (nSPS) is 10.0. The molecule has 0 aromatic heterocycles. The quantitative estimate of drug-likeness (QED) is 0.278. The van der Waals surface area contributed by atoms with Crippen molar-refractivity contribution in [3.63, 3.8) is 0 Å². The van der Waals surface area contributed by atoms with Crippen molar-refractivity contribution in [2.75, 3.05) is 14.2 Å². The first-order valence-electron chi connectivity index (χ1n) is 11.3. The van der Waals surface area contributed by atoms with Crippen molar-refractivity contribution < 1.29 is 34.1 Å². The molecule has 0 aliphatic carbocycles. The van der Waals surface area contributed by atoms with Crippen molar-refractivity contribution in [1.29, 1.82) is 0 Å². The highest BCUT2D eigenvalue weighted by Crippen LogP contribution is 2.17. The lowest BCUT2D eigenvalue weighted by molar-refractivity contribution is 0.0591. The van der Waals surface area contributed by atoms with E-state index in [1.54, 1.807) is 36.4 Å². The van der Waals surface area contributed by atoms with Crippen molar-refractivity contribution in [2.24, 2.45) is 0 Å². The minimum absolute atomic E-state index is 0.0971. The van der Waals surface area contributed by atoms with Crippen LogP contribution in [0.2, 0.25) is 0 Å². The van der Waals surface area contributed by atoms with Gasteiger partial charge < -0.3 is 19.7 Å². The number of carbonyl (C=O) groups excluding carboxylic acids is 3. The van der Waals surface area contributed by atoms with E-state index in [9.17, 15) is 24.6 Å². The molecule has 0 bridgehead atoms. The van der Waals surface area contributed by atoms with Gasteiger partial charge in [-0.2, -0.15) is 0 Å². The van der Waals surface area contributed by atoms with E-state index in [4.69, 9.17) is 0 Å². The summed E-state index contributed by atoms with van der Waals surface area (Å²) in [7, 11) is 2.66. The summed E-state index contributed by atoms with van der Waals surface area (Å²) in [5.74, 6) is -0.685. The van der Waals surface area contributed by atoms with Gasteiger partial charge in [-0.3, -0.25) is 4.79 Å². The molecule has 4 aromatic carbocycles. The number of ketones is 1. The van der Waals surface area contributed by atoms with Gasteiger partial charge in [-0.15, -0.1) is 0 Å². The Kier molecular flexibility index (Phi) is 9.16. The molecule has 0 heterocycles. The molecule has 4 rings (SSSR count). The Morgan fingerprint density at radius 2 is 1.05 bits per heavy atom. The zero-order valence-electron chi connectivity index (χ0n) is 20.4. The zero-order chi connectivity index (χ0) is 26.8. The molecular weight excluding hydrogens is 472 g/mol. The SMILES string of the molecule is COC(=O)c1cccc(C(=O)c2ccc(O)cc2)c1.COC(=O)c1cccc(Cc2ccc(O)cc2)c1. The molecule has 0 aliphatic heterocycles. The number of benzene rings is 4. The van der Waals surface area contributed by atoms with Gasteiger partial charge in [-0.05, 0) is 78.2 Å². The zero-order valence-corrected chi connectivity index (χ0v) is 20.4. The Hall–Kier alpha value is -4.91. The molecule has 7 heteroatoms. The summed E-state index contributed by atoms with van der Waals surface area (Å²) >= 11 is 0. The van der Waals surface area contributed by atoms with Crippen LogP contribution in [0.3, 0.4) is 0 Å². The van der Waals surface area contributed by atoms with E-state index in [0.717, 1.165) is 11.1 Å². The maximum atomic E-state index is 12.2. The van der Waals surface area contributed by atoms with Crippen LogP contribution in [0, 0.1) is 0 Å². The molecule has 37 heavy (non-hydrogen) atoms. The minimum Gasteiger partial charge on any atom is -0.508 e. The van der Waals surface area contributed by atoms with E-state index in [-0.39, 0.29) is 23.3 Å². The number of esters is 2. The second-order valence-electron chi connectivity index (χ2n) is 7.98. The third-order valence-corrected chi connectivity index (χ3v) is 5.37. The maximum absolute atomic E-state index is 12.2. The first kappa shape index (κ1) is 26.7. The van der Waals surface area contributed by atoms with Crippen LogP contribution in [0.5, 0.6) is 11.5 Å². The van der Waals surface area contributed by atoms with Crippen molar-refractivity contribution in [3.8, 4) is 11.5 Å². The Morgan fingerprint density at radius 3 is 1.62 bits per heavy atom. The Bertz CT molecular complexity index is 1370. The minimum atomic E-state index is -0.486. The number of ether oxygens (including phenoxy) is 2. The van der Waals surface area contributed by atoms with Gasteiger partial charge in [0, 0.05) is 11.1 Å². The van der Waals surface area contributed by atoms with Gasteiger partial charge in [0.15, 0.2) is 5.78 Å². The second-order valence-corrected chi connectivity index (χ2v) is 7.98. The lowest BCUT2D eigenvalue weighted by Crippen LogP contribution is -2.05. The van der Waals surface area contributed by atoms with Crippen LogP contribution in [0.15, 0.2) is 97.1 Å². The summed E-state index contributed by atoms with van der Waals surface area (Å²) in [5.41, 5.74) is 3.83. The summed E-state index contributed by atoms with van der Waals surface area (Å²) < 4.78 is 9.29. The fourth-order valence-electron chi connectivity index (χ4n) is 3.46. The van der Waals surface area contributed by atoms with Crippen molar-refractivity contribution >= 4 is 17.7 Å². The topological polar surface area (TPSA) is 110 Å². The van der Waals surface area contributed by atoms with Crippen LogP contribution >= 0.6 is 0 Å². The first-order valence-corrected chi connectivity index (χ1v) is 11.3. The number of phenols is 2. The predicted molar refractivity (Wildman–Crippen MR) is 138 cm³/mol. The first-order chi connectivity index (χ1) is 17.8. The second kappa shape index (κ2) is 12.7. The predicted octanol–water partition coefficient (Wildman–Crippen LogP) is 5.18. The molecular formula is C30H26O7. The number of methoxy groups -OCH3 is 2. The van der Waals surface area contributed by atoms with Crippen molar-refractivity contribution in [2.45, 2.75) is 6.42 Å². The summed E-state index contributed by atoms with van der Waals surface area (Å²) in [6.45, 7) is 0. The lowest BCUT2D eigenvalue weighted by atomic mass is 10.0. The largest absolute Gasteiger partial charge is 0.508 e. The molecule has 4 aromatic rings. The standard InChI is InChI=1S/C15H12O4.C15H14O3/c1-19-15(18)12-4-2-3-11(9-12)14(17)10-5-7-13(16)8-6-10;1-18-15(17)13-4-2-3-12(10-13)9-11-5-7-14(16)8-6-11/h2-9,16H,1H3;2-8,10,16H,9H2,1H3. The van der Waals surface area contributed by atoms with Gasteiger partial charge in [0.05, 0.1) is 25.3 Å². The van der Waals surface area contributed by atoms with Gasteiger partial charge in [0.2, 0.25) is 0 Å². The average Bonchev–Trinajstić information content (AvgIpc) is 2.94. The van der Waals surface area contributed by atoms with Crippen LogP contribution in [-0.2, 0) is 15.9 Å². The number of aromatic hydroxyl groups is 2. The van der Waals surface area contributed by atoms with E-state index in [0.29, 0.717) is 28.7 Å². The molecule has 2 N–H and O–H groups in total. The maximum Gasteiger partial charge on any atom is 0.337 e. The molecule has 0 spiro atoms. The van der Waals surface area contributed by atoms with E-state index >= 15 is 0 Å². The molecule has 188 valence electrons. The molecule has 0 fully saturated rings. The molecule has 7 nitrogen and oxygen atoms in total. The van der Waals surface area contributed by atoms with Gasteiger partial charge >= 0.3 is 11.9 Å². The van der Waals surface area contributed by atoms with Gasteiger partial charge in [-0.1, -0.05) is 36.4 Å². The van der Waals surface area contributed by atoms with Crippen LogP contribution < -0.4 is 0 Å². The smallest absolute Gasteiger partial charge is 0.337 e. The highest BCUT2D eigenvalue weighted by molar-refractivity contribution is 6.10. The Morgan fingerprint density at radius 1 is 0.568 bits per heavy atom. The van der Waals surface area contributed by atoms with E-state index in [1.807, 2.05) is 30.3 Å². The van der Waals surface area contributed by atoms with E-state index < -0.39 is 5.97 Å². The summed E-state index contributed by atoms with van der Waals surface area (Å²) in [4.78, 5) is 35.0. The molecule has 0 saturated carbocycles. The van der Waals surface area contributed by atoms with Gasteiger partial charge in [-0.25, -0.2) is 9.59 Å². The average molecular weight is 499 g/mol. The van der Waals surface area contributed by atoms with Crippen molar-refractivity contribution in [1.82, 2.24) is 0 Å². The van der Waals surface area contributed by atoms with Gasteiger partial charge in [0.25, 0.3) is 0 Å². The third kappa shape index (κ3) is 7.53. The fraction of sp³-hybridized carbons (Fsp3) is 0.100. The molecule has 0 aliphatic rings. The van der Waals surface area contributed by atoms with Crippen molar-refractivity contribution in [3.05, 3.63) is 130 Å². The molecule has 0 amide bonds. The number of carbonyl (C=O) groups is 3. The molecule has 0 radical (unpaired) electrons. The fourth-order valence-corrected chi connectivity index (χ4v) is 3.46. The number of hydrogen-bond donors (Lipinski definition) is 2. The Balaban J connectivity index is 0.000000206. The van der Waals surface area contributed by atoms with Crippen LogP contribution in [0.25, 0.3) is 0 Å². The molecule has 0 saturated heterocycles. The van der Waals surface area contributed by atoms with Crippen LogP contribution in [-0.4, -0.2) is 42.2 Å². The van der Waals surface area contributed by atoms with E-state index in [2.05, 4.69) is 9.47 Å². The summed E-state index contributed by atoms with van der Waals surface area (Å²) in [5, 5.41) is 18.4. The highest BCUT2D eigenvalue weighted by Gasteiger charge is 2.12. The number of phenolic OH excluding ortho intramolecular Hbond substituents is 2. The number of hydrogen-bond acceptors (Lipinski definition) is 7. The highest BCUT2D eigenvalue weighted by atomic mass is 16.5. The molecule has 0 atom stereocenters. The third-order valence-electron chi connectivity index (χ3n) is 5.37. The molecule has 0 unspecified atom stereocenters. The van der Waals surface area contributed by atoms with Crippen LogP contribution in [0.4, 0.5) is 0 Å². The van der Waals surface area contributed by atoms with Crippen LogP contribution in [0.1, 0.15) is 47.8 Å². The van der Waals surface area contributed by atoms with E-state index in [1.165, 1.54) is 44.6 Å². The lowest BCUT2D eigenvalue weighted by Gasteiger charge is -2.04.